The summed E-state index contributed by atoms with van der Waals surface area (Å²) in [6, 6.07) is 0.235. The molecule has 2 atom stereocenters. The third-order valence-corrected chi connectivity index (χ3v) is 3.51. The first-order chi connectivity index (χ1) is 7.58. The van der Waals surface area contributed by atoms with Crippen LogP contribution < -0.4 is 5.32 Å². The van der Waals surface area contributed by atoms with Crippen molar-refractivity contribution in [2.75, 3.05) is 20.1 Å². The number of nitrogens with one attached hydrogen (secondary N) is 1. The van der Waals surface area contributed by atoms with Crippen LogP contribution in [0.25, 0.3) is 0 Å². The van der Waals surface area contributed by atoms with E-state index in [4.69, 9.17) is 5.11 Å². The Bertz CT molecular complexity index is 298. The summed E-state index contributed by atoms with van der Waals surface area (Å²) in [6.07, 6.45) is 2.44. The van der Waals surface area contributed by atoms with E-state index in [1.165, 1.54) is 0 Å². The number of nitrogens with zero attached hydrogens (tertiary/aromatic N) is 1. The van der Waals surface area contributed by atoms with E-state index in [9.17, 15) is 9.59 Å². The number of carbonyl (C=O) groups excluding carboxylic acids is 1. The predicted octanol–water partition coefficient (Wildman–Crippen LogP) is -0.0825. The topological polar surface area (TPSA) is 69.6 Å². The third-order valence-electron chi connectivity index (χ3n) is 3.51. The molecular formula is C11H18N2O3. The highest BCUT2D eigenvalue weighted by molar-refractivity contribution is 5.89. The number of aliphatic carboxylic acids is 1. The fraction of sp³-hybridized carbons (Fsp3) is 0.818. The Morgan fingerprint density at radius 2 is 1.88 bits per heavy atom. The fourth-order valence-corrected chi connectivity index (χ4v) is 2.22. The summed E-state index contributed by atoms with van der Waals surface area (Å²) in [7, 11) is 2.07. The van der Waals surface area contributed by atoms with Crippen molar-refractivity contribution in [1.29, 1.82) is 0 Å². The van der Waals surface area contributed by atoms with Gasteiger partial charge in [0.05, 0.1) is 11.8 Å². The summed E-state index contributed by atoms with van der Waals surface area (Å²) in [5.41, 5.74) is 0. The van der Waals surface area contributed by atoms with Crippen LogP contribution in [0.5, 0.6) is 0 Å². The molecule has 0 bridgehead atoms. The Hall–Kier alpha value is -1.10. The Morgan fingerprint density at radius 1 is 1.25 bits per heavy atom. The quantitative estimate of drug-likeness (QED) is 0.706. The SMILES string of the molecule is CN1CCC(NC(=O)C2CC2C(=O)O)CC1. The minimum absolute atomic E-state index is 0.0676. The zero-order valence-electron chi connectivity index (χ0n) is 9.48. The number of piperidine rings is 1. The van der Waals surface area contributed by atoms with Gasteiger partial charge < -0.3 is 15.3 Å². The van der Waals surface area contributed by atoms with Gasteiger partial charge in [-0.1, -0.05) is 0 Å². The Labute approximate surface area is 94.8 Å². The summed E-state index contributed by atoms with van der Waals surface area (Å²) in [5, 5.41) is 11.7. The summed E-state index contributed by atoms with van der Waals surface area (Å²) in [4.78, 5) is 24.5. The minimum Gasteiger partial charge on any atom is -0.481 e. The van der Waals surface area contributed by atoms with Crippen LogP contribution in [-0.4, -0.2) is 48.1 Å². The molecule has 1 aliphatic heterocycles. The van der Waals surface area contributed by atoms with Gasteiger partial charge in [0.1, 0.15) is 0 Å². The number of carbonyl (C=O) groups is 2. The summed E-state index contributed by atoms with van der Waals surface area (Å²) < 4.78 is 0. The van der Waals surface area contributed by atoms with E-state index in [-0.39, 0.29) is 17.9 Å². The highest BCUT2D eigenvalue weighted by atomic mass is 16.4. The van der Waals surface area contributed by atoms with Gasteiger partial charge in [0.15, 0.2) is 0 Å². The van der Waals surface area contributed by atoms with Crippen molar-refractivity contribution in [2.45, 2.75) is 25.3 Å². The first-order valence-electron chi connectivity index (χ1n) is 5.79. The lowest BCUT2D eigenvalue weighted by atomic mass is 10.1. The van der Waals surface area contributed by atoms with E-state index in [1.807, 2.05) is 0 Å². The molecule has 1 saturated heterocycles. The molecule has 90 valence electrons. The molecule has 5 nitrogen and oxygen atoms in total. The van der Waals surface area contributed by atoms with Crippen LogP contribution in [0.3, 0.4) is 0 Å². The maximum Gasteiger partial charge on any atom is 0.307 e. The Morgan fingerprint density at radius 3 is 2.38 bits per heavy atom. The Balaban J connectivity index is 1.74. The summed E-state index contributed by atoms with van der Waals surface area (Å²) in [6.45, 7) is 2.00. The zero-order valence-corrected chi connectivity index (χ0v) is 9.48. The molecule has 2 fully saturated rings. The lowest BCUT2D eigenvalue weighted by molar-refractivity contribution is -0.140. The maximum absolute atomic E-state index is 11.7. The van der Waals surface area contributed by atoms with Crippen molar-refractivity contribution >= 4 is 11.9 Å². The standard InChI is InChI=1S/C11H18N2O3/c1-13-4-2-7(3-5-13)12-10(14)8-6-9(8)11(15)16/h7-9H,2-6H2,1H3,(H,12,14)(H,15,16). The molecule has 0 aromatic rings. The van der Waals surface area contributed by atoms with Crippen molar-refractivity contribution in [2.24, 2.45) is 11.8 Å². The van der Waals surface area contributed by atoms with Gasteiger partial charge in [-0.15, -0.1) is 0 Å². The van der Waals surface area contributed by atoms with E-state index in [0.29, 0.717) is 6.42 Å². The first kappa shape index (κ1) is 11.4. The number of hydrogen-bond acceptors (Lipinski definition) is 3. The van der Waals surface area contributed by atoms with Crippen molar-refractivity contribution in [1.82, 2.24) is 10.2 Å². The van der Waals surface area contributed by atoms with Gasteiger partial charge in [-0.2, -0.15) is 0 Å². The molecule has 0 radical (unpaired) electrons. The molecule has 1 aliphatic carbocycles. The minimum atomic E-state index is -0.844. The van der Waals surface area contributed by atoms with Crippen molar-refractivity contribution in [3.8, 4) is 0 Å². The second-order valence-electron chi connectivity index (χ2n) is 4.87. The lowest BCUT2D eigenvalue weighted by Gasteiger charge is -2.29. The molecule has 0 aromatic carbocycles. The summed E-state index contributed by atoms with van der Waals surface area (Å²) >= 11 is 0. The zero-order chi connectivity index (χ0) is 11.7. The van der Waals surface area contributed by atoms with Gasteiger partial charge in [-0.05, 0) is 39.4 Å². The average Bonchev–Trinajstić information content (AvgIpc) is 3.01. The fourth-order valence-electron chi connectivity index (χ4n) is 2.22. The number of amides is 1. The molecule has 2 rings (SSSR count). The van der Waals surface area contributed by atoms with Crippen molar-refractivity contribution in [3.63, 3.8) is 0 Å². The lowest BCUT2D eigenvalue weighted by Crippen LogP contribution is -2.44. The largest absolute Gasteiger partial charge is 0.481 e. The molecule has 1 amide bonds. The van der Waals surface area contributed by atoms with Gasteiger partial charge in [-0.25, -0.2) is 0 Å². The van der Waals surface area contributed by atoms with Crippen LogP contribution in [-0.2, 0) is 9.59 Å². The van der Waals surface area contributed by atoms with Gasteiger partial charge in [0.25, 0.3) is 0 Å². The van der Waals surface area contributed by atoms with Crippen molar-refractivity contribution in [3.05, 3.63) is 0 Å². The predicted molar refractivity (Wildman–Crippen MR) is 57.9 cm³/mol. The second kappa shape index (κ2) is 4.41. The van der Waals surface area contributed by atoms with E-state index < -0.39 is 11.9 Å². The molecule has 2 unspecified atom stereocenters. The Kier molecular flexibility index (Phi) is 3.14. The second-order valence-corrected chi connectivity index (χ2v) is 4.87. The van der Waals surface area contributed by atoms with Crippen LogP contribution in [0.2, 0.25) is 0 Å². The van der Waals surface area contributed by atoms with E-state index >= 15 is 0 Å². The number of hydrogen-bond donors (Lipinski definition) is 2. The summed E-state index contributed by atoms with van der Waals surface area (Å²) in [5.74, 6) is -1.63. The molecule has 2 aliphatic rings. The molecule has 0 spiro atoms. The molecule has 1 heterocycles. The molecule has 1 saturated carbocycles. The molecule has 5 heteroatoms. The van der Waals surface area contributed by atoms with Crippen LogP contribution in [0.1, 0.15) is 19.3 Å². The van der Waals surface area contributed by atoms with Gasteiger partial charge in [-0.3, -0.25) is 9.59 Å². The average molecular weight is 226 g/mol. The molecule has 2 N–H and O–H groups in total. The third kappa shape index (κ3) is 2.52. The number of carboxylic acid groups (broad SMARTS) is 1. The molecule has 0 aromatic heterocycles. The van der Waals surface area contributed by atoms with Crippen molar-refractivity contribution < 1.29 is 14.7 Å². The van der Waals surface area contributed by atoms with Crippen LogP contribution in [0.15, 0.2) is 0 Å². The highest BCUT2D eigenvalue weighted by Gasteiger charge is 2.48. The van der Waals surface area contributed by atoms with Crippen LogP contribution in [0, 0.1) is 11.8 Å². The molecule has 16 heavy (non-hydrogen) atoms. The van der Waals surface area contributed by atoms with Gasteiger partial charge in [0, 0.05) is 6.04 Å². The number of likely N-dealkylation sites (tertiary alicyclic amines) is 1. The van der Waals surface area contributed by atoms with Gasteiger partial charge in [0.2, 0.25) is 5.91 Å². The smallest absolute Gasteiger partial charge is 0.307 e. The maximum atomic E-state index is 11.7. The monoisotopic (exact) mass is 226 g/mol. The van der Waals surface area contributed by atoms with E-state index in [1.54, 1.807) is 0 Å². The van der Waals surface area contributed by atoms with Gasteiger partial charge >= 0.3 is 5.97 Å². The molecular weight excluding hydrogens is 208 g/mol. The first-order valence-corrected chi connectivity index (χ1v) is 5.79. The van der Waals surface area contributed by atoms with Crippen LogP contribution in [0.4, 0.5) is 0 Å². The van der Waals surface area contributed by atoms with E-state index in [0.717, 1.165) is 25.9 Å². The van der Waals surface area contributed by atoms with E-state index in [2.05, 4.69) is 17.3 Å². The highest BCUT2D eigenvalue weighted by Crippen LogP contribution is 2.38. The van der Waals surface area contributed by atoms with Crippen LogP contribution >= 0.6 is 0 Å². The number of carboxylic acids is 1. The number of rotatable bonds is 3. The normalized spacial score (nSPS) is 31.1.